The van der Waals surface area contributed by atoms with Gasteiger partial charge in [0.15, 0.2) is 10.5 Å². The number of aromatic nitrogens is 2. The first-order valence-corrected chi connectivity index (χ1v) is 7.75. The van der Waals surface area contributed by atoms with E-state index in [4.69, 9.17) is 17.0 Å². The van der Waals surface area contributed by atoms with Gasteiger partial charge in [0.2, 0.25) is 0 Å². The Morgan fingerprint density at radius 1 is 1.09 bits per heavy atom. The number of benzene rings is 2. The molecule has 2 aromatic carbocycles. The highest BCUT2D eigenvalue weighted by Crippen LogP contribution is 2.22. The first-order chi connectivity index (χ1) is 11.2. The number of nitrogens with one attached hydrogen (secondary N) is 1. The van der Waals surface area contributed by atoms with Gasteiger partial charge in [-0.1, -0.05) is 42.5 Å². The number of rotatable bonds is 4. The van der Waals surface area contributed by atoms with Crippen molar-refractivity contribution in [3.63, 3.8) is 0 Å². The lowest BCUT2D eigenvalue weighted by Gasteiger charge is -2.09. The van der Waals surface area contributed by atoms with Gasteiger partial charge in [-0.25, -0.2) is 4.79 Å². The second-order valence-electron chi connectivity index (χ2n) is 4.95. The van der Waals surface area contributed by atoms with Crippen LogP contribution in [0.2, 0.25) is 0 Å². The number of carbonyl (C=O) groups is 1. The van der Waals surface area contributed by atoms with E-state index >= 15 is 0 Å². The molecule has 0 spiro atoms. The van der Waals surface area contributed by atoms with Crippen molar-refractivity contribution < 1.29 is 9.53 Å². The van der Waals surface area contributed by atoms with Gasteiger partial charge in [0.25, 0.3) is 0 Å². The van der Waals surface area contributed by atoms with Crippen molar-refractivity contribution in [1.29, 1.82) is 0 Å². The van der Waals surface area contributed by atoms with Crippen molar-refractivity contribution >= 4 is 18.2 Å². The SMILES string of the molecule is CCOC(=O)c1c[nH]c(=S)n1-c1ccc(-c2ccccc2)cc1. The summed E-state index contributed by atoms with van der Waals surface area (Å²) < 4.78 is 7.21. The third kappa shape index (κ3) is 3.10. The molecule has 0 saturated heterocycles. The number of hydrogen-bond donors (Lipinski definition) is 1. The number of hydrogen-bond acceptors (Lipinski definition) is 3. The standard InChI is InChI=1S/C18H16N2O2S/c1-2-22-17(21)16-12-19-18(23)20(16)15-10-8-14(9-11-15)13-6-4-3-5-7-13/h3-12H,2H2,1H3,(H,19,23). The minimum atomic E-state index is -0.396. The van der Waals surface area contributed by atoms with Gasteiger partial charge < -0.3 is 9.72 Å². The first-order valence-electron chi connectivity index (χ1n) is 7.34. The molecule has 0 aliphatic carbocycles. The average Bonchev–Trinajstić information content (AvgIpc) is 2.98. The fraction of sp³-hybridized carbons (Fsp3) is 0.111. The zero-order valence-electron chi connectivity index (χ0n) is 12.7. The molecule has 0 saturated carbocycles. The van der Waals surface area contributed by atoms with E-state index in [1.807, 2.05) is 42.5 Å². The topological polar surface area (TPSA) is 47.0 Å². The number of ether oxygens (including phenoxy) is 1. The number of imidazole rings is 1. The fourth-order valence-electron chi connectivity index (χ4n) is 2.41. The molecule has 0 aliphatic rings. The molecule has 0 radical (unpaired) electrons. The monoisotopic (exact) mass is 324 g/mol. The van der Waals surface area contributed by atoms with Crippen LogP contribution in [0.3, 0.4) is 0 Å². The van der Waals surface area contributed by atoms with Crippen LogP contribution in [0.5, 0.6) is 0 Å². The zero-order valence-corrected chi connectivity index (χ0v) is 13.5. The molecule has 0 bridgehead atoms. The van der Waals surface area contributed by atoms with Gasteiger partial charge in [0.05, 0.1) is 6.61 Å². The highest BCUT2D eigenvalue weighted by molar-refractivity contribution is 7.71. The van der Waals surface area contributed by atoms with Gasteiger partial charge in [-0.15, -0.1) is 0 Å². The average molecular weight is 324 g/mol. The third-order valence-corrected chi connectivity index (χ3v) is 3.79. The molecular formula is C18H16N2O2S. The number of aromatic amines is 1. The van der Waals surface area contributed by atoms with Crippen LogP contribution < -0.4 is 0 Å². The van der Waals surface area contributed by atoms with Crippen LogP contribution in [0.4, 0.5) is 0 Å². The molecule has 1 N–H and O–H groups in total. The number of nitrogens with zero attached hydrogens (tertiary/aromatic N) is 1. The van der Waals surface area contributed by atoms with Crippen molar-refractivity contribution in [2.24, 2.45) is 0 Å². The summed E-state index contributed by atoms with van der Waals surface area (Å²) in [5.41, 5.74) is 3.46. The van der Waals surface area contributed by atoms with Gasteiger partial charge in [-0.2, -0.15) is 0 Å². The zero-order chi connectivity index (χ0) is 16.2. The normalized spacial score (nSPS) is 10.5. The molecular weight excluding hydrogens is 308 g/mol. The lowest BCUT2D eigenvalue weighted by molar-refractivity contribution is 0.0517. The summed E-state index contributed by atoms with van der Waals surface area (Å²) in [6.07, 6.45) is 1.57. The van der Waals surface area contributed by atoms with Crippen LogP contribution in [0.15, 0.2) is 60.8 Å². The van der Waals surface area contributed by atoms with Crippen LogP contribution in [-0.4, -0.2) is 22.1 Å². The van der Waals surface area contributed by atoms with Crippen molar-refractivity contribution in [2.75, 3.05) is 6.61 Å². The fourth-order valence-corrected chi connectivity index (χ4v) is 2.68. The number of esters is 1. The Morgan fingerprint density at radius 2 is 1.74 bits per heavy atom. The van der Waals surface area contributed by atoms with Gasteiger partial charge in [0, 0.05) is 11.9 Å². The van der Waals surface area contributed by atoms with Crippen molar-refractivity contribution in [2.45, 2.75) is 6.92 Å². The van der Waals surface area contributed by atoms with Gasteiger partial charge in [0.1, 0.15) is 0 Å². The molecule has 3 rings (SSSR count). The van der Waals surface area contributed by atoms with E-state index in [1.54, 1.807) is 17.7 Å². The number of carbonyl (C=O) groups excluding carboxylic acids is 1. The van der Waals surface area contributed by atoms with Crippen LogP contribution in [0.1, 0.15) is 17.4 Å². The summed E-state index contributed by atoms with van der Waals surface area (Å²) in [7, 11) is 0. The van der Waals surface area contributed by atoms with E-state index < -0.39 is 5.97 Å². The molecule has 0 fully saturated rings. The van der Waals surface area contributed by atoms with Crippen molar-refractivity contribution in [1.82, 2.24) is 9.55 Å². The van der Waals surface area contributed by atoms with Gasteiger partial charge in [-0.05, 0) is 42.4 Å². The van der Waals surface area contributed by atoms with Gasteiger partial charge in [-0.3, -0.25) is 4.57 Å². The predicted molar refractivity (Wildman–Crippen MR) is 92.3 cm³/mol. The maximum absolute atomic E-state index is 12.0. The summed E-state index contributed by atoms with van der Waals surface area (Å²) in [5, 5.41) is 0. The Morgan fingerprint density at radius 3 is 2.39 bits per heavy atom. The summed E-state index contributed by atoms with van der Waals surface area (Å²) in [5.74, 6) is -0.396. The van der Waals surface area contributed by atoms with Crippen LogP contribution in [-0.2, 0) is 4.74 Å². The van der Waals surface area contributed by atoms with Gasteiger partial charge >= 0.3 is 5.97 Å². The molecule has 1 heterocycles. The molecule has 4 nitrogen and oxygen atoms in total. The van der Waals surface area contributed by atoms with E-state index in [2.05, 4.69) is 17.1 Å². The third-order valence-electron chi connectivity index (χ3n) is 3.49. The first kappa shape index (κ1) is 15.2. The predicted octanol–water partition coefficient (Wildman–Crippen LogP) is 4.38. The summed E-state index contributed by atoms with van der Waals surface area (Å²) in [6, 6.07) is 18.0. The molecule has 0 atom stereocenters. The molecule has 0 amide bonds. The minimum absolute atomic E-state index is 0.323. The summed E-state index contributed by atoms with van der Waals surface area (Å²) in [6.45, 7) is 2.10. The second kappa shape index (κ2) is 6.62. The van der Waals surface area contributed by atoms with Crippen LogP contribution in [0.25, 0.3) is 16.8 Å². The molecule has 0 unspecified atom stereocenters. The molecule has 5 heteroatoms. The molecule has 116 valence electrons. The Labute approximate surface area is 139 Å². The smallest absolute Gasteiger partial charge is 0.356 e. The molecule has 3 aromatic rings. The van der Waals surface area contributed by atoms with Crippen LogP contribution >= 0.6 is 12.2 Å². The molecule has 0 aliphatic heterocycles. The Bertz CT molecular complexity index is 864. The molecule has 23 heavy (non-hydrogen) atoms. The highest BCUT2D eigenvalue weighted by atomic mass is 32.1. The van der Waals surface area contributed by atoms with Crippen molar-refractivity contribution in [3.8, 4) is 16.8 Å². The highest BCUT2D eigenvalue weighted by Gasteiger charge is 2.15. The van der Waals surface area contributed by atoms with E-state index in [0.29, 0.717) is 17.1 Å². The van der Waals surface area contributed by atoms with E-state index in [1.165, 1.54) is 0 Å². The summed E-state index contributed by atoms with van der Waals surface area (Å²) in [4.78, 5) is 14.9. The Hall–Kier alpha value is -2.66. The van der Waals surface area contributed by atoms with Crippen molar-refractivity contribution in [3.05, 3.63) is 71.3 Å². The minimum Gasteiger partial charge on any atom is -0.461 e. The van der Waals surface area contributed by atoms with E-state index in [9.17, 15) is 4.79 Å². The maximum atomic E-state index is 12.0. The van der Waals surface area contributed by atoms with Crippen LogP contribution in [0, 0.1) is 4.77 Å². The summed E-state index contributed by atoms with van der Waals surface area (Å²) >= 11 is 5.28. The van der Waals surface area contributed by atoms with E-state index in [0.717, 1.165) is 16.8 Å². The lowest BCUT2D eigenvalue weighted by Crippen LogP contribution is -2.11. The Balaban J connectivity index is 1.99. The lowest BCUT2D eigenvalue weighted by atomic mass is 10.1. The second-order valence-corrected chi connectivity index (χ2v) is 5.33. The number of H-pyrrole nitrogens is 1. The Kier molecular flexibility index (Phi) is 4.39. The molecule has 1 aromatic heterocycles. The maximum Gasteiger partial charge on any atom is 0.356 e. The largest absolute Gasteiger partial charge is 0.461 e. The quantitative estimate of drug-likeness (QED) is 0.572. The van der Waals surface area contributed by atoms with E-state index in [-0.39, 0.29) is 0 Å².